The van der Waals surface area contributed by atoms with Gasteiger partial charge >= 0.3 is 12.2 Å². The zero-order valence-corrected chi connectivity index (χ0v) is 9.77. The van der Waals surface area contributed by atoms with Crippen LogP contribution < -0.4 is 16.0 Å². The van der Waals surface area contributed by atoms with Crippen molar-refractivity contribution in [1.82, 2.24) is 10.6 Å². The third-order valence-electron chi connectivity index (χ3n) is 2.13. The summed E-state index contributed by atoms with van der Waals surface area (Å²) in [5.41, 5.74) is -0.436. The smallest absolute Gasteiger partial charge is 0.337 e. The van der Waals surface area contributed by atoms with Gasteiger partial charge in [-0.25, -0.2) is 4.79 Å². The number of urea groups is 1. The van der Waals surface area contributed by atoms with Crippen LogP contribution in [-0.2, 0) is 6.18 Å². The molecule has 0 spiro atoms. The molecule has 0 saturated heterocycles. The highest BCUT2D eigenvalue weighted by atomic mass is 19.4. The lowest BCUT2D eigenvalue weighted by atomic mass is 10.2. The molecule has 7 heteroatoms. The standard InChI is InChI=1S/C11H14F3N3O/c1-15-6-7-16-10(18)17-9-4-2-8(3-5-9)11(12,13)14/h2-5,15H,6-7H2,1H3,(H2,16,17,18). The van der Waals surface area contributed by atoms with Crippen LogP contribution in [0.5, 0.6) is 0 Å². The number of likely N-dealkylation sites (N-methyl/N-ethyl adjacent to an activating group) is 1. The Bertz CT molecular complexity index is 390. The molecular weight excluding hydrogens is 247 g/mol. The zero-order chi connectivity index (χ0) is 13.6. The van der Waals surface area contributed by atoms with Crippen molar-refractivity contribution in [2.45, 2.75) is 6.18 Å². The fourth-order valence-electron chi connectivity index (χ4n) is 1.22. The fourth-order valence-corrected chi connectivity index (χ4v) is 1.22. The highest BCUT2D eigenvalue weighted by molar-refractivity contribution is 5.89. The first-order valence-electron chi connectivity index (χ1n) is 5.30. The molecule has 3 N–H and O–H groups in total. The summed E-state index contributed by atoms with van der Waals surface area (Å²) in [6, 6.07) is 3.80. The van der Waals surface area contributed by atoms with Gasteiger partial charge in [0.25, 0.3) is 0 Å². The molecule has 1 aromatic carbocycles. The number of hydrogen-bond acceptors (Lipinski definition) is 2. The molecule has 0 heterocycles. The Kier molecular flexibility index (Phi) is 4.96. The van der Waals surface area contributed by atoms with Crippen LogP contribution in [0.25, 0.3) is 0 Å². The van der Waals surface area contributed by atoms with E-state index in [1.807, 2.05) is 0 Å². The molecule has 0 bridgehead atoms. The molecular formula is C11H14F3N3O. The molecule has 0 aliphatic rings. The van der Waals surface area contributed by atoms with Gasteiger partial charge in [0.15, 0.2) is 0 Å². The Balaban J connectivity index is 2.51. The van der Waals surface area contributed by atoms with Gasteiger partial charge in [-0.1, -0.05) is 0 Å². The van der Waals surface area contributed by atoms with Gasteiger partial charge in [-0.05, 0) is 31.3 Å². The van der Waals surface area contributed by atoms with Crippen LogP contribution in [0.1, 0.15) is 5.56 Å². The van der Waals surface area contributed by atoms with Crippen molar-refractivity contribution >= 4 is 11.7 Å². The molecule has 100 valence electrons. The number of benzene rings is 1. The lowest BCUT2D eigenvalue weighted by Gasteiger charge is -2.09. The SMILES string of the molecule is CNCCNC(=O)Nc1ccc(C(F)(F)F)cc1. The number of carbonyl (C=O) groups excluding carboxylic acids is 1. The van der Waals surface area contributed by atoms with Crippen molar-refractivity contribution in [3.05, 3.63) is 29.8 Å². The Morgan fingerprint density at radius 1 is 1.17 bits per heavy atom. The van der Waals surface area contributed by atoms with Gasteiger partial charge in [-0.3, -0.25) is 0 Å². The lowest BCUT2D eigenvalue weighted by molar-refractivity contribution is -0.137. The molecule has 0 fully saturated rings. The molecule has 1 rings (SSSR count). The number of rotatable bonds is 4. The third-order valence-corrected chi connectivity index (χ3v) is 2.13. The summed E-state index contributed by atoms with van der Waals surface area (Å²) in [7, 11) is 1.75. The van der Waals surface area contributed by atoms with Crippen LogP contribution >= 0.6 is 0 Å². The minimum Gasteiger partial charge on any atom is -0.337 e. The van der Waals surface area contributed by atoms with Crippen molar-refractivity contribution in [3.63, 3.8) is 0 Å². The van der Waals surface area contributed by atoms with E-state index in [2.05, 4.69) is 16.0 Å². The van der Waals surface area contributed by atoms with Gasteiger partial charge in [0.2, 0.25) is 0 Å². The quantitative estimate of drug-likeness (QED) is 0.726. The van der Waals surface area contributed by atoms with Gasteiger partial charge in [0.05, 0.1) is 5.56 Å². The maximum atomic E-state index is 12.3. The highest BCUT2D eigenvalue weighted by Gasteiger charge is 2.29. The van der Waals surface area contributed by atoms with Crippen LogP contribution in [0.2, 0.25) is 0 Å². The van der Waals surface area contributed by atoms with Crippen LogP contribution in [0.3, 0.4) is 0 Å². The summed E-state index contributed by atoms with van der Waals surface area (Å²) >= 11 is 0. The first-order chi connectivity index (χ1) is 8.43. The van der Waals surface area contributed by atoms with Gasteiger partial charge in [-0.15, -0.1) is 0 Å². The van der Waals surface area contributed by atoms with E-state index in [1.165, 1.54) is 12.1 Å². The van der Waals surface area contributed by atoms with E-state index < -0.39 is 17.8 Å². The number of hydrogen-bond donors (Lipinski definition) is 3. The van der Waals surface area contributed by atoms with Crippen LogP contribution in [-0.4, -0.2) is 26.2 Å². The number of alkyl halides is 3. The van der Waals surface area contributed by atoms with E-state index in [1.54, 1.807) is 7.05 Å². The first-order valence-corrected chi connectivity index (χ1v) is 5.30. The second-order valence-corrected chi connectivity index (χ2v) is 3.56. The minimum absolute atomic E-state index is 0.310. The fraction of sp³-hybridized carbons (Fsp3) is 0.364. The first kappa shape index (κ1) is 14.3. The van der Waals surface area contributed by atoms with E-state index in [0.29, 0.717) is 18.8 Å². The number of halogens is 3. The van der Waals surface area contributed by atoms with Gasteiger partial charge in [0.1, 0.15) is 0 Å². The van der Waals surface area contributed by atoms with Gasteiger partial charge in [0, 0.05) is 18.8 Å². The summed E-state index contributed by atoms with van der Waals surface area (Å²) in [5.74, 6) is 0. The van der Waals surface area contributed by atoms with Crippen LogP contribution in [0.4, 0.5) is 23.7 Å². The molecule has 0 atom stereocenters. The molecule has 2 amide bonds. The highest BCUT2D eigenvalue weighted by Crippen LogP contribution is 2.29. The average molecular weight is 261 g/mol. The van der Waals surface area contributed by atoms with E-state index in [0.717, 1.165) is 12.1 Å². The topological polar surface area (TPSA) is 53.2 Å². The Morgan fingerprint density at radius 2 is 1.78 bits per heavy atom. The van der Waals surface area contributed by atoms with Crippen molar-refractivity contribution < 1.29 is 18.0 Å². The molecule has 0 aromatic heterocycles. The second kappa shape index (κ2) is 6.25. The Morgan fingerprint density at radius 3 is 2.28 bits per heavy atom. The van der Waals surface area contributed by atoms with Crippen LogP contribution in [0, 0.1) is 0 Å². The summed E-state index contributed by atoms with van der Waals surface area (Å²) < 4.78 is 36.8. The van der Waals surface area contributed by atoms with Gasteiger partial charge in [-0.2, -0.15) is 13.2 Å². The van der Waals surface area contributed by atoms with Crippen LogP contribution in [0.15, 0.2) is 24.3 Å². The molecule has 0 saturated carbocycles. The summed E-state index contributed by atoms with van der Waals surface area (Å²) in [4.78, 5) is 11.3. The Labute approximate surface area is 103 Å². The zero-order valence-electron chi connectivity index (χ0n) is 9.77. The van der Waals surface area contributed by atoms with Crippen molar-refractivity contribution in [1.29, 1.82) is 0 Å². The Hall–Kier alpha value is -1.76. The van der Waals surface area contributed by atoms with Crippen molar-refractivity contribution in [2.24, 2.45) is 0 Å². The second-order valence-electron chi connectivity index (χ2n) is 3.56. The predicted octanol–water partition coefficient (Wildman–Crippen LogP) is 2.05. The van der Waals surface area contributed by atoms with E-state index >= 15 is 0 Å². The molecule has 1 aromatic rings. The number of anilines is 1. The maximum Gasteiger partial charge on any atom is 0.416 e. The number of nitrogens with one attached hydrogen (secondary N) is 3. The van der Waals surface area contributed by atoms with E-state index in [9.17, 15) is 18.0 Å². The molecule has 0 radical (unpaired) electrons. The molecule has 18 heavy (non-hydrogen) atoms. The van der Waals surface area contributed by atoms with E-state index in [4.69, 9.17) is 0 Å². The predicted molar refractivity (Wildman–Crippen MR) is 62.4 cm³/mol. The summed E-state index contributed by atoms with van der Waals surface area (Å²) in [5, 5.41) is 7.82. The van der Waals surface area contributed by atoms with Crippen molar-refractivity contribution in [3.8, 4) is 0 Å². The summed E-state index contributed by atoms with van der Waals surface area (Å²) in [6.45, 7) is 1.05. The van der Waals surface area contributed by atoms with Crippen molar-refractivity contribution in [2.75, 3.05) is 25.5 Å². The minimum atomic E-state index is -4.37. The lowest BCUT2D eigenvalue weighted by Crippen LogP contribution is -2.33. The largest absolute Gasteiger partial charge is 0.416 e. The molecule has 4 nitrogen and oxygen atoms in total. The number of amides is 2. The normalized spacial score (nSPS) is 11.1. The van der Waals surface area contributed by atoms with Gasteiger partial charge < -0.3 is 16.0 Å². The average Bonchev–Trinajstić information content (AvgIpc) is 2.29. The monoisotopic (exact) mass is 261 g/mol. The third kappa shape index (κ3) is 4.62. The molecule has 0 unspecified atom stereocenters. The molecule has 0 aliphatic carbocycles. The molecule has 0 aliphatic heterocycles. The maximum absolute atomic E-state index is 12.3. The number of carbonyl (C=O) groups is 1. The van der Waals surface area contributed by atoms with E-state index in [-0.39, 0.29) is 0 Å². The summed E-state index contributed by atoms with van der Waals surface area (Å²) in [6.07, 6.45) is -4.37.